The van der Waals surface area contributed by atoms with Crippen molar-refractivity contribution in [3.8, 4) is 11.4 Å². The van der Waals surface area contributed by atoms with E-state index in [-0.39, 0.29) is 5.91 Å². The lowest BCUT2D eigenvalue weighted by molar-refractivity contribution is -0.118. The summed E-state index contributed by atoms with van der Waals surface area (Å²) in [5.41, 5.74) is 5.16. The van der Waals surface area contributed by atoms with Gasteiger partial charge in [-0.1, -0.05) is 18.2 Å². The number of benzene rings is 2. The Hall–Kier alpha value is -3.22. The third kappa shape index (κ3) is 3.28. The van der Waals surface area contributed by atoms with Gasteiger partial charge in [0.15, 0.2) is 0 Å². The zero-order valence-corrected chi connectivity index (χ0v) is 15.4. The summed E-state index contributed by atoms with van der Waals surface area (Å²) in [6.45, 7) is 2.80. The number of methoxy groups -OCH3 is 1. The van der Waals surface area contributed by atoms with Gasteiger partial charge in [-0.15, -0.1) is 5.10 Å². The van der Waals surface area contributed by atoms with Crippen molar-refractivity contribution >= 4 is 11.6 Å². The number of aryl methyl sites for hydroxylation is 1. The Morgan fingerprint density at radius 1 is 1.19 bits per heavy atom. The molecule has 1 aliphatic heterocycles. The summed E-state index contributed by atoms with van der Waals surface area (Å²) < 4.78 is 7.12. The summed E-state index contributed by atoms with van der Waals surface area (Å²) in [6, 6.07) is 11.7. The van der Waals surface area contributed by atoms with Gasteiger partial charge < -0.3 is 9.64 Å². The van der Waals surface area contributed by atoms with E-state index in [1.165, 1.54) is 11.1 Å². The quantitative estimate of drug-likeness (QED) is 0.712. The molecule has 138 valence electrons. The second kappa shape index (κ2) is 7.19. The molecule has 1 aromatic heterocycles. The van der Waals surface area contributed by atoms with Crippen LogP contribution in [0.1, 0.15) is 23.1 Å². The zero-order valence-electron chi connectivity index (χ0n) is 15.4. The van der Waals surface area contributed by atoms with Crippen LogP contribution in [-0.2, 0) is 17.6 Å². The molecule has 0 atom stereocenters. The van der Waals surface area contributed by atoms with Gasteiger partial charge >= 0.3 is 0 Å². The normalized spacial score (nSPS) is 13.3. The molecular weight excluding hydrogens is 342 g/mol. The molecule has 7 nitrogen and oxygen atoms in total. The van der Waals surface area contributed by atoms with Crippen LogP contribution in [0.25, 0.3) is 5.69 Å². The fourth-order valence-corrected chi connectivity index (χ4v) is 3.58. The number of tetrazole rings is 1. The van der Waals surface area contributed by atoms with Crippen molar-refractivity contribution in [2.75, 3.05) is 18.6 Å². The fraction of sp³-hybridized carbons (Fsp3) is 0.300. The highest BCUT2D eigenvalue weighted by Gasteiger charge is 2.27. The van der Waals surface area contributed by atoms with Gasteiger partial charge in [0, 0.05) is 6.54 Å². The summed E-state index contributed by atoms with van der Waals surface area (Å²) in [4.78, 5) is 14.9. The van der Waals surface area contributed by atoms with Gasteiger partial charge in [0.2, 0.25) is 5.91 Å². The van der Waals surface area contributed by atoms with Crippen LogP contribution in [0.15, 0.2) is 42.7 Å². The minimum atomic E-state index is 0.0787. The van der Waals surface area contributed by atoms with Crippen LogP contribution in [0.3, 0.4) is 0 Å². The fourth-order valence-electron chi connectivity index (χ4n) is 3.58. The number of ether oxygens (including phenoxy) is 1. The molecule has 1 amide bonds. The molecule has 27 heavy (non-hydrogen) atoms. The zero-order chi connectivity index (χ0) is 18.8. The highest BCUT2D eigenvalue weighted by atomic mass is 16.5. The standard InChI is InChI=1S/C20H21N5O2/c1-14-5-10-18(27-2)20-17(14)4-3-11-24(20)19(26)12-15-6-8-16(9-7-15)25-13-21-22-23-25/h5-10,13H,3-4,11-12H2,1-2H3. The van der Waals surface area contributed by atoms with E-state index in [1.54, 1.807) is 18.1 Å². The van der Waals surface area contributed by atoms with Crippen molar-refractivity contribution in [2.45, 2.75) is 26.2 Å². The van der Waals surface area contributed by atoms with E-state index in [1.807, 2.05) is 35.2 Å². The predicted octanol–water partition coefficient (Wildman–Crippen LogP) is 2.50. The number of hydrogen-bond acceptors (Lipinski definition) is 5. The van der Waals surface area contributed by atoms with Crippen LogP contribution in [0.4, 0.5) is 5.69 Å². The lowest BCUT2D eigenvalue weighted by Gasteiger charge is -2.32. The molecule has 1 aliphatic rings. The number of fused-ring (bicyclic) bond motifs is 1. The van der Waals surface area contributed by atoms with Gasteiger partial charge in [-0.2, -0.15) is 0 Å². The molecular formula is C20H21N5O2. The first-order chi connectivity index (χ1) is 13.2. The van der Waals surface area contributed by atoms with Crippen molar-refractivity contribution < 1.29 is 9.53 Å². The van der Waals surface area contributed by atoms with E-state index in [2.05, 4.69) is 28.5 Å². The molecule has 0 unspecified atom stereocenters. The smallest absolute Gasteiger partial charge is 0.231 e. The number of carbonyl (C=O) groups is 1. The van der Waals surface area contributed by atoms with Gasteiger partial charge in [0.1, 0.15) is 12.1 Å². The Bertz CT molecular complexity index is 951. The lowest BCUT2D eigenvalue weighted by atomic mass is 9.95. The molecule has 2 heterocycles. The second-order valence-electron chi connectivity index (χ2n) is 6.66. The second-order valence-corrected chi connectivity index (χ2v) is 6.66. The topological polar surface area (TPSA) is 73.1 Å². The van der Waals surface area contributed by atoms with Crippen LogP contribution in [0.2, 0.25) is 0 Å². The number of carbonyl (C=O) groups excluding carboxylic acids is 1. The number of aromatic nitrogens is 4. The van der Waals surface area contributed by atoms with Crippen LogP contribution < -0.4 is 9.64 Å². The molecule has 0 aliphatic carbocycles. The predicted molar refractivity (Wildman–Crippen MR) is 101 cm³/mol. The first-order valence-electron chi connectivity index (χ1n) is 8.96. The number of nitrogens with zero attached hydrogens (tertiary/aromatic N) is 5. The van der Waals surface area contributed by atoms with E-state index < -0.39 is 0 Å². The van der Waals surface area contributed by atoms with Gasteiger partial charge in [-0.05, 0) is 65.1 Å². The molecule has 0 N–H and O–H groups in total. The Kier molecular flexibility index (Phi) is 4.58. The number of hydrogen-bond donors (Lipinski definition) is 0. The van der Waals surface area contributed by atoms with Gasteiger partial charge in [-0.3, -0.25) is 4.79 Å². The van der Waals surface area contributed by atoms with Crippen LogP contribution in [-0.4, -0.2) is 39.8 Å². The van der Waals surface area contributed by atoms with Gasteiger partial charge in [0.05, 0.1) is 24.9 Å². The summed E-state index contributed by atoms with van der Waals surface area (Å²) in [7, 11) is 1.65. The van der Waals surface area contributed by atoms with E-state index in [0.717, 1.165) is 35.5 Å². The van der Waals surface area contributed by atoms with Gasteiger partial charge in [0.25, 0.3) is 0 Å². The van der Waals surface area contributed by atoms with Crippen LogP contribution in [0.5, 0.6) is 5.75 Å². The van der Waals surface area contributed by atoms with Crippen molar-refractivity contribution in [2.24, 2.45) is 0 Å². The molecule has 0 bridgehead atoms. The third-order valence-corrected chi connectivity index (χ3v) is 4.98. The van der Waals surface area contributed by atoms with E-state index >= 15 is 0 Å². The van der Waals surface area contributed by atoms with Crippen LogP contribution in [0, 0.1) is 6.92 Å². The SMILES string of the molecule is COc1ccc(C)c2c1N(C(=O)Cc1ccc(-n3cnnn3)cc1)CCC2. The first-order valence-corrected chi connectivity index (χ1v) is 8.96. The Labute approximate surface area is 157 Å². The minimum Gasteiger partial charge on any atom is -0.495 e. The Morgan fingerprint density at radius 3 is 2.70 bits per heavy atom. The number of amides is 1. The summed E-state index contributed by atoms with van der Waals surface area (Å²) in [6.07, 6.45) is 3.82. The highest BCUT2D eigenvalue weighted by Crippen LogP contribution is 2.38. The molecule has 7 heteroatoms. The summed E-state index contributed by atoms with van der Waals surface area (Å²) in [5, 5.41) is 11.1. The van der Waals surface area contributed by atoms with E-state index in [4.69, 9.17) is 4.74 Å². The summed E-state index contributed by atoms with van der Waals surface area (Å²) in [5.74, 6) is 0.840. The van der Waals surface area contributed by atoms with Crippen molar-refractivity contribution in [1.82, 2.24) is 20.2 Å². The molecule has 0 spiro atoms. The number of rotatable bonds is 4. The highest BCUT2D eigenvalue weighted by molar-refractivity contribution is 5.97. The van der Waals surface area contributed by atoms with E-state index in [0.29, 0.717) is 13.0 Å². The maximum absolute atomic E-state index is 13.1. The third-order valence-electron chi connectivity index (χ3n) is 4.98. The Morgan fingerprint density at radius 2 is 2.00 bits per heavy atom. The maximum Gasteiger partial charge on any atom is 0.231 e. The molecule has 0 radical (unpaired) electrons. The van der Waals surface area contributed by atoms with Crippen molar-refractivity contribution in [3.05, 3.63) is 59.4 Å². The lowest BCUT2D eigenvalue weighted by Crippen LogP contribution is -2.37. The average Bonchev–Trinajstić information content (AvgIpc) is 3.23. The summed E-state index contributed by atoms with van der Waals surface area (Å²) >= 11 is 0. The molecule has 0 fully saturated rings. The Balaban J connectivity index is 1.57. The maximum atomic E-state index is 13.1. The monoisotopic (exact) mass is 363 g/mol. The minimum absolute atomic E-state index is 0.0787. The average molecular weight is 363 g/mol. The molecule has 4 rings (SSSR count). The van der Waals surface area contributed by atoms with Gasteiger partial charge in [-0.25, -0.2) is 4.68 Å². The number of anilines is 1. The van der Waals surface area contributed by atoms with E-state index in [9.17, 15) is 4.79 Å². The molecule has 2 aromatic carbocycles. The first kappa shape index (κ1) is 17.2. The molecule has 0 saturated heterocycles. The van der Waals surface area contributed by atoms with Crippen molar-refractivity contribution in [3.63, 3.8) is 0 Å². The molecule has 3 aromatic rings. The largest absolute Gasteiger partial charge is 0.495 e. The van der Waals surface area contributed by atoms with Crippen molar-refractivity contribution in [1.29, 1.82) is 0 Å². The molecule has 0 saturated carbocycles. The van der Waals surface area contributed by atoms with Crippen LogP contribution >= 0.6 is 0 Å².